The molecule has 3 aliphatic rings. The highest BCUT2D eigenvalue weighted by molar-refractivity contribution is 5.98. The van der Waals surface area contributed by atoms with Crippen molar-refractivity contribution in [1.82, 2.24) is 0 Å². The molecule has 2 nitrogen and oxygen atoms in total. The molecule has 0 amide bonds. The molecule has 2 heteroatoms. The highest BCUT2D eigenvalue weighted by Gasteiger charge is 2.36. The average Bonchev–Trinajstić information content (AvgIpc) is 3.57. The largest absolute Gasteiger partial charge is 0.507 e. The van der Waals surface area contributed by atoms with Gasteiger partial charge in [-0.05, 0) is 84.0 Å². The fraction of sp³-hybridized carbons (Fsp3) is 0.593. The number of aryl methyl sites for hydroxylation is 1. The number of Topliss-reactive ketones (excluding diaryl/α,β-unsaturated/α-hetero) is 1. The molecule has 1 aromatic rings. The number of aromatic hydroxyl groups is 1. The monoisotopic (exact) mass is 392 g/mol. The standard InChI is InChI=1S/C27H36O2/c1-16(2)21-12-17(13-24(26(21)29)27(3,4)5)6-11-25(28)23-15-20(18-7-8-18)14-22(23)19-9-10-19/h12-14,16,18-19,29H,6-11,15H2,1-5H3. The maximum absolute atomic E-state index is 13.2. The van der Waals surface area contributed by atoms with Gasteiger partial charge in [0, 0.05) is 12.0 Å². The lowest BCUT2D eigenvalue weighted by Crippen LogP contribution is -2.14. The molecule has 1 aromatic carbocycles. The third kappa shape index (κ3) is 4.37. The molecule has 0 heterocycles. The van der Waals surface area contributed by atoms with Crippen LogP contribution < -0.4 is 0 Å². The van der Waals surface area contributed by atoms with Crippen LogP contribution in [0.1, 0.15) is 95.8 Å². The molecule has 29 heavy (non-hydrogen) atoms. The van der Waals surface area contributed by atoms with E-state index in [2.05, 4.69) is 52.8 Å². The molecule has 2 fully saturated rings. The van der Waals surface area contributed by atoms with Crippen LogP contribution in [0.4, 0.5) is 0 Å². The van der Waals surface area contributed by atoms with Gasteiger partial charge < -0.3 is 5.11 Å². The molecule has 0 aliphatic heterocycles. The Bertz CT molecular complexity index is 884. The number of hydrogen-bond acceptors (Lipinski definition) is 2. The van der Waals surface area contributed by atoms with Crippen LogP contribution in [-0.4, -0.2) is 10.9 Å². The molecule has 4 rings (SSSR count). The van der Waals surface area contributed by atoms with Crippen molar-refractivity contribution >= 4 is 5.78 Å². The van der Waals surface area contributed by atoms with Gasteiger partial charge in [0.25, 0.3) is 0 Å². The van der Waals surface area contributed by atoms with Gasteiger partial charge in [-0.1, -0.05) is 58.4 Å². The smallest absolute Gasteiger partial charge is 0.159 e. The molecular formula is C27H36O2. The summed E-state index contributed by atoms with van der Waals surface area (Å²) in [6, 6.07) is 4.23. The topological polar surface area (TPSA) is 37.3 Å². The van der Waals surface area contributed by atoms with Gasteiger partial charge in [0.2, 0.25) is 0 Å². The SMILES string of the molecule is CC(C)c1cc(CCC(=O)C2=C(C3CC3)C=C(C3CC3)C2)cc(C(C)(C)C)c1O. The van der Waals surface area contributed by atoms with Gasteiger partial charge in [-0.15, -0.1) is 0 Å². The third-order valence-electron chi connectivity index (χ3n) is 6.80. The number of rotatable bonds is 7. The van der Waals surface area contributed by atoms with Gasteiger partial charge in [0.1, 0.15) is 5.75 Å². The summed E-state index contributed by atoms with van der Waals surface area (Å²) < 4.78 is 0. The van der Waals surface area contributed by atoms with E-state index in [1.54, 1.807) is 0 Å². The van der Waals surface area contributed by atoms with Crippen molar-refractivity contribution < 1.29 is 9.90 Å². The molecule has 0 saturated heterocycles. The summed E-state index contributed by atoms with van der Waals surface area (Å²) in [5, 5.41) is 10.8. The lowest BCUT2D eigenvalue weighted by atomic mass is 9.82. The van der Waals surface area contributed by atoms with Crippen LogP contribution in [0.15, 0.2) is 34.9 Å². The molecule has 2 saturated carbocycles. The lowest BCUT2D eigenvalue weighted by molar-refractivity contribution is -0.115. The van der Waals surface area contributed by atoms with Crippen molar-refractivity contribution in [3.63, 3.8) is 0 Å². The number of phenolic OH excluding ortho intramolecular Hbond substituents is 1. The predicted molar refractivity (Wildman–Crippen MR) is 119 cm³/mol. The summed E-state index contributed by atoms with van der Waals surface area (Å²) in [6.07, 6.45) is 9.76. The van der Waals surface area contributed by atoms with Gasteiger partial charge in [0.15, 0.2) is 5.78 Å². The molecule has 1 N–H and O–H groups in total. The summed E-state index contributed by atoms with van der Waals surface area (Å²) in [5.41, 5.74) is 7.06. The van der Waals surface area contributed by atoms with E-state index in [4.69, 9.17) is 0 Å². The Morgan fingerprint density at radius 1 is 1.10 bits per heavy atom. The minimum absolute atomic E-state index is 0.121. The molecule has 0 spiro atoms. The third-order valence-corrected chi connectivity index (χ3v) is 6.80. The molecule has 156 valence electrons. The summed E-state index contributed by atoms with van der Waals surface area (Å²) >= 11 is 0. The Morgan fingerprint density at radius 2 is 1.76 bits per heavy atom. The van der Waals surface area contributed by atoms with Crippen LogP contribution in [0.5, 0.6) is 5.75 Å². The van der Waals surface area contributed by atoms with Gasteiger partial charge in [-0.3, -0.25) is 4.79 Å². The van der Waals surface area contributed by atoms with Gasteiger partial charge in [-0.25, -0.2) is 0 Å². The van der Waals surface area contributed by atoms with E-state index in [-0.39, 0.29) is 11.3 Å². The van der Waals surface area contributed by atoms with E-state index in [0.29, 0.717) is 23.9 Å². The van der Waals surface area contributed by atoms with E-state index in [1.165, 1.54) is 42.4 Å². The lowest BCUT2D eigenvalue weighted by Gasteiger charge is -2.24. The van der Waals surface area contributed by atoms with Crippen LogP contribution in [-0.2, 0) is 16.6 Å². The molecule has 3 aliphatic carbocycles. The predicted octanol–water partition coefficient (Wildman–Crippen LogP) is 6.76. The molecule has 0 atom stereocenters. The van der Waals surface area contributed by atoms with E-state index < -0.39 is 0 Å². The quantitative estimate of drug-likeness (QED) is 0.556. The van der Waals surface area contributed by atoms with Crippen LogP contribution in [0.25, 0.3) is 0 Å². The Kier molecular flexibility index (Phi) is 5.25. The number of ketones is 1. The summed E-state index contributed by atoms with van der Waals surface area (Å²) in [6.45, 7) is 10.6. The van der Waals surface area contributed by atoms with E-state index in [9.17, 15) is 9.90 Å². The normalized spacial score (nSPS) is 19.9. The van der Waals surface area contributed by atoms with Crippen LogP contribution >= 0.6 is 0 Å². The minimum atomic E-state index is -0.121. The van der Waals surface area contributed by atoms with Crippen LogP contribution in [0, 0.1) is 11.8 Å². The number of carbonyl (C=O) groups excluding carboxylic acids is 1. The second-order valence-electron chi connectivity index (χ2n) is 10.8. The van der Waals surface area contributed by atoms with Crippen LogP contribution in [0.2, 0.25) is 0 Å². The first-order valence-corrected chi connectivity index (χ1v) is 11.5. The molecule has 0 aromatic heterocycles. The molecule has 0 bridgehead atoms. The first-order chi connectivity index (χ1) is 13.6. The van der Waals surface area contributed by atoms with E-state index in [1.807, 2.05) is 0 Å². The van der Waals surface area contributed by atoms with Gasteiger partial charge in [0.05, 0.1) is 0 Å². The average molecular weight is 393 g/mol. The van der Waals surface area contributed by atoms with Crippen molar-refractivity contribution in [2.24, 2.45) is 11.8 Å². The second-order valence-corrected chi connectivity index (χ2v) is 10.8. The van der Waals surface area contributed by atoms with Crippen LogP contribution in [0.3, 0.4) is 0 Å². The van der Waals surface area contributed by atoms with Gasteiger partial charge >= 0.3 is 0 Å². The summed E-state index contributed by atoms with van der Waals surface area (Å²) in [5.74, 6) is 2.44. The van der Waals surface area contributed by atoms with E-state index in [0.717, 1.165) is 35.5 Å². The number of hydrogen-bond donors (Lipinski definition) is 1. The van der Waals surface area contributed by atoms with E-state index >= 15 is 0 Å². The number of carbonyl (C=O) groups is 1. The molecule has 0 radical (unpaired) electrons. The molecule has 0 unspecified atom stereocenters. The fourth-order valence-corrected chi connectivity index (χ4v) is 4.66. The summed E-state index contributed by atoms with van der Waals surface area (Å²) in [4.78, 5) is 13.2. The zero-order valence-corrected chi connectivity index (χ0v) is 18.8. The maximum atomic E-state index is 13.2. The second kappa shape index (κ2) is 7.45. The molecular weight excluding hydrogens is 356 g/mol. The first-order valence-electron chi connectivity index (χ1n) is 11.5. The van der Waals surface area contributed by atoms with Crippen molar-refractivity contribution in [2.45, 2.75) is 90.9 Å². The minimum Gasteiger partial charge on any atom is -0.507 e. The Labute approximate surface area is 176 Å². The zero-order chi connectivity index (χ0) is 20.9. The Morgan fingerprint density at radius 3 is 2.31 bits per heavy atom. The number of benzene rings is 1. The Hall–Kier alpha value is -1.83. The summed E-state index contributed by atoms with van der Waals surface area (Å²) in [7, 11) is 0. The highest BCUT2D eigenvalue weighted by atomic mass is 16.3. The van der Waals surface area contributed by atoms with Crippen molar-refractivity contribution in [3.05, 3.63) is 51.6 Å². The zero-order valence-electron chi connectivity index (χ0n) is 18.8. The highest BCUT2D eigenvalue weighted by Crippen LogP contribution is 2.49. The number of phenols is 1. The maximum Gasteiger partial charge on any atom is 0.159 e. The fourth-order valence-electron chi connectivity index (χ4n) is 4.66. The van der Waals surface area contributed by atoms with Crippen molar-refractivity contribution in [2.75, 3.05) is 0 Å². The van der Waals surface area contributed by atoms with Gasteiger partial charge in [-0.2, -0.15) is 0 Å². The number of allylic oxidation sites excluding steroid dienone is 4. The first kappa shape index (κ1) is 20.4. The Balaban J connectivity index is 1.52. The van der Waals surface area contributed by atoms with Crippen molar-refractivity contribution in [1.29, 1.82) is 0 Å². The van der Waals surface area contributed by atoms with Crippen molar-refractivity contribution in [3.8, 4) is 5.75 Å².